The fraction of sp³-hybridized carbons (Fsp3) is 0.167. The van der Waals surface area contributed by atoms with Gasteiger partial charge in [0.05, 0.1) is 11.8 Å². The summed E-state index contributed by atoms with van der Waals surface area (Å²) in [7, 11) is 0. The standard InChI is InChI=1S/C18H14F3N5O2/c19-18(20,21)11-2-1-3-12(8-11)23-16-10-22-26-17(25-16)24-13-4-5-14-15(9-13)28-7-6-27-14/h1-5,8-10H,6-7H2,(H2,23,24,25,26). The van der Waals surface area contributed by atoms with Crippen molar-refractivity contribution in [3.63, 3.8) is 0 Å². The van der Waals surface area contributed by atoms with Gasteiger partial charge in [0.25, 0.3) is 0 Å². The minimum Gasteiger partial charge on any atom is -0.486 e. The summed E-state index contributed by atoms with van der Waals surface area (Å²) in [5.74, 6) is 1.67. The summed E-state index contributed by atoms with van der Waals surface area (Å²) in [6.45, 7) is 0.959. The Kier molecular flexibility index (Phi) is 4.60. The van der Waals surface area contributed by atoms with Crippen molar-refractivity contribution >= 4 is 23.1 Å². The Hall–Kier alpha value is -3.56. The van der Waals surface area contributed by atoms with Crippen molar-refractivity contribution in [3.8, 4) is 11.5 Å². The van der Waals surface area contributed by atoms with Gasteiger partial charge in [-0.2, -0.15) is 23.3 Å². The van der Waals surface area contributed by atoms with Gasteiger partial charge in [0.2, 0.25) is 5.95 Å². The van der Waals surface area contributed by atoms with E-state index in [1.165, 1.54) is 18.3 Å². The molecule has 0 radical (unpaired) electrons. The molecule has 0 aliphatic carbocycles. The number of nitrogens with zero attached hydrogens (tertiary/aromatic N) is 3. The number of anilines is 4. The van der Waals surface area contributed by atoms with Crippen LogP contribution in [-0.4, -0.2) is 28.4 Å². The van der Waals surface area contributed by atoms with E-state index in [0.29, 0.717) is 30.4 Å². The van der Waals surface area contributed by atoms with Crippen LogP contribution < -0.4 is 20.1 Å². The summed E-state index contributed by atoms with van der Waals surface area (Å²) in [4.78, 5) is 4.22. The maximum atomic E-state index is 12.8. The van der Waals surface area contributed by atoms with E-state index in [-0.39, 0.29) is 17.5 Å². The molecule has 2 aromatic carbocycles. The third-order valence-corrected chi connectivity index (χ3v) is 3.82. The highest BCUT2D eigenvalue weighted by Crippen LogP contribution is 2.33. The molecular weight excluding hydrogens is 375 g/mol. The number of hydrogen-bond donors (Lipinski definition) is 2. The second-order valence-corrected chi connectivity index (χ2v) is 5.85. The van der Waals surface area contributed by atoms with E-state index in [1.54, 1.807) is 18.2 Å². The van der Waals surface area contributed by atoms with Crippen molar-refractivity contribution in [1.82, 2.24) is 15.2 Å². The molecule has 3 aromatic rings. The molecule has 1 aliphatic heterocycles. The van der Waals surface area contributed by atoms with Gasteiger partial charge in [0.15, 0.2) is 17.3 Å². The number of fused-ring (bicyclic) bond motifs is 1. The zero-order valence-corrected chi connectivity index (χ0v) is 14.3. The first-order chi connectivity index (χ1) is 13.5. The second-order valence-electron chi connectivity index (χ2n) is 5.85. The molecule has 0 bridgehead atoms. The van der Waals surface area contributed by atoms with Crippen molar-refractivity contribution < 1.29 is 22.6 Å². The Bertz CT molecular complexity index is 997. The van der Waals surface area contributed by atoms with Crippen LogP contribution in [0.1, 0.15) is 5.56 Å². The fourth-order valence-electron chi connectivity index (χ4n) is 2.59. The SMILES string of the molecule is FC(F)(F)c1cccc(Nc2cnnc(Nc3ccc4c(c3)OCCO4)n2)c1. The Balaban J connectivity index is 1.51. The monoisotopic (exact) mass is 389 g/mol. The maximum absolute atomic E-state index is 12.8. The molecule has 144 valence electrons. The predicted octanol–water partition coefficient (Wildman–Crippen LogP) is 4.15. The van der Waals surface area contributed by atoms with Crippen LogP contribution in [0.15, 0.2) is 48.7 Å². The lowest BCUT2D eigenvalue weighted by Crippen LogP contribution is -2.15. The molecule has 2 heterocycles. The number of nitrogens with one attached hydrogen (secondary N) is 2. The summed E-state index contributed by atoms with van der Waals surface area (Å²) in [5.41, 5.74) is 0.136. The van der Waals surface area contributed by atoms with Gasteiger partial charge in [0, 0.05) is 17.4 Å². The first kappa shape index (κ1) is 17.8. The molecule has 0 amide bonds. The van der Waals surface area contributed by atoms with Gasteiger partial charge in [-0.15, -0.1) is 5.10 Å². The normalized spacial score (nSPS) is 13.1. The van der Waals surface area contributed by atoms with Crippen LogP contribution in [0, 0.1) is 0 Å². The van der Waals surface area contributed by atoms with E-state index in [1.807, 2.05) is 0 Å². The van der Waals surface area contributed by atoms with Gasteiger partial charge in [-0.05, 0) is 30.3 Å². The number of ether oxygens (including phenoxy) is 2. The van der Waals surface area contributed by atoms with Crippen LogP contribution in [0.4, 0.5) is 36.3 Å². The Morgan fingerprint density at radius 2 is 1.68 bits per heavy atom. The van der Waals surface area contributed by atoms with Crippen LogP contribution >= 0.6 is 0 Å². The number of rotatable bonds is 4. The molecule has 0 unspecified atom stereocenters. The number of aromatic nitrogens is 3. The molecule has 4 rings (SSSR count). The van der Waals surface area contributed by atoms with E-state index in [0.717, 1.165) is 12.1 Å². The van der Waals surface area contributed by atoms with Gasteiger partial charge in [-0.3, -0.25) is 0 Å². The van der Waals surface area contributed by atoms with Crippen molar-refractivity contribution in [3.05, 3.63) is 54.2 Å². The van der Waals surface area contributed by atoms with Crippen molar-refractivity contribution in [2.75, 3.05) is 23.8 Å². The third-order valence-electron chi connectivity index (χ3n) is 3.82. The Morgan fingerprint density at radius 1 is 0.893 bits per heavy atom. The topological polar surface area (TPSA) is 81.2 Å². The molecule has 2 N–H and O–H groups in total. The molecule has 28 heavy (non-hydrogen) atoms. The number of alkyl halides is 3. The lowest BCUT2D eigenvalue weighted by Gasteiger charge is -2.19. The minimum atomic E-state index is -4.42. The minimum absolute atomic E-state index is 0.175. The van der Waals surface area contributed by atoms with Gasteiger partial charge in [-0.25, -0.2) is 0 Å². The second kappa shape index (κ2) is 7.22. The molecule has 0 spiro atoms. The summed E-state index contributed by atoms with van der Waals surface area (Å²) in [6, 6.07) is 10.1. The Morgan fingerprint density at radius 3 is 2.50 bits per heavy atom. The van der Waals surface area contributed by atoms with Crippen LogP contribution in [0.5, 0.6) is 11.5 Å². The fourth-order valence-corrected chi connectivity index (χ4v) is 2.59. The third kappa shape index (κ3) is 4.05. The van der Waals surface area contributed by atoms with Crippen molar-refractivity contribution in [2.24, 2.45) is 0 Å². The first-order valence-corrected chi connectivity index (χ1v) is 8.28. The molecule has 7 nitrogen and oxygen atoms in total. The number of benzene rings is 2. The number of hydrogen-bond acceptors (Lipinski definition) is 7. The molecule has 1 aromatic heterocycles. The van der Waals surface area contributed by atoms with Gasteiger partial charge >= 0.3 is 6.18 Å². The molecule has 10 heteroatoms. The van der Waals surface area contributed by atoms with Crippen LogP contribution in [-0.2, 0) is 6.18 Å². The lowest BCUT2D eigenvalue weighted by molar-refractivity contribution is -0.137. The highest BCUT2D eigenvalue weighted by molar-refractivity contribution is 5.62. The molecule has 0 fully saturated rings. The van der Waals surface area contributed by atoms with E-state index in [4.69, 9.17) is 9.47 Å². The smallest absolute Gasteiger partial charge is 0.416 e. The largest absolute Gasteiger partial charge is 0.486 e. The maximum Gasteiger partial charge on any atom is 0.416 e. The molecule has 0 saturated carbocycles. The van der Waals surface area contributed by atoms with E-state index >= 15 is 0 Å². The zero-order chi connectivity index (χ0) is 19.6. The number of halogens is 3. The summed E-state index contributed by atoms with van der Waals surface area (Å²) in [6.07, 6.45) is -3.11. The van der Waals surface area contributed by atoms with E-state index in [9.17, 15) is 13.2 Å². The lowest BCUT2D eigenvalue weighted by atomic mass is 10.2. The van der Waals surface area contributed by atoms with Gasteiger partial charge < -0.3 is 20.1 Å². The predicted molar refractivity (Wildman–Crippen MR) is 95.3 cm³/mol. The van der Waals surface area contributed by atoms with E-state index in [2.05, 4.69) is 25.8 Å². The average Bonchev–Trinajstić information content (AvgIpc) is 2.68. The molecule has 0 atom stereocenters. The summed E-state index contributed by atoms with van der Waals surface area (Å²) >= 11 is 0. The first-order valence-electron chi connectivity index (χ1n) is 8.28. The average molecular weight is 389 g/mol. The van der Waals surface area contributed by atoms with Gasteiger partial charge in [0.1, 0.15) is 13.2 Å². The van der Waals surface area contributed by atoms with Crippen molar-refractivity contribution in [2.45, 2.75) is 6.18 Å². The van der Waals surface area contributed by atoms with Crippen molar-refractivity contribution in [1.29, 1.82) is 0 Å². The van der Waals surface area contributed by atoms with E-state index < -0.39 is 11.7 Å². The zero-order valence-electron chi connectivity index (χ0n) is 14.3. The van der Waals surface area contributed by atoms with Crippen LogP contribution in [0.3, 0.4) is 0 Å². The highest BCUT2D eigenvalue weighted by atomic mass is 19.4. The molecular formula is C18H14F3N5O2. The molecule has 1 aliphatic rings. The highest BCUT2D eigenvalue weighted by Gasteiger charge is 2.30. The quantitative estimate of drug-likeness (QED) is 0.694. The summed E-state index contributed by atoms with van der Waals surface area (Å²) < 4.78 is 49.5. The molecule has 0 saturated heterocycles. The van der Waals surface area contributed by atoms with Crippen LogP contribution in [0.2, 0.25) is 0 Å². The summed E-state index contributed by atoms with van der Waals surface area (Å²) in [5, 5.41) is 13.5. The Labute approximate surface area is 157 Å². The van der Waals surface area contributed by atoms with Crippen LogP contribution in [0.25, 0.3) is 0 Å². The van der Waals surface area contributed by atoms with Gasteiger partial charge in [-0.1, -0.05) is 6.07 Å².